The van der Waals surface area contributed by atoms with E-state index < -0.39 is 0 Å². The van der Waals surface area contributed by atoms with Crippen LogP contribution in [0.2, 0.25) is 0 Å². The van der Waals surface area contributed by atoms with Crippen LogP contribution < -0.4 is 10.6 Å². The Balaban J connectivity index is 1.46. The molecule has 6 heteroatoms. The van der Waals surface area contributed by atoms with Crippen LogP contribution in [0.4, 0.5) is 0 Å². The van der Waals surface area contributed by atoms with Gasteiger partial charge in [-0.3, -0.25) is 4.79 Å². The maximum absolute atomic E-state index is 12.5. The standard InChI is InChI=1S/C19H25N3OS2/c23-19(21-8-4-11-22-12-9-20-10-13-22)17-6-1-2-7-18(17)25-15-16-5-3-14-24-16/h1-3,5-7,14,20H,4,8-13,15H2,(H,21,23). The number of nitrogens with zero attached hydrogens (tertiary/aromatic N) is 1. The quantitative estimate of drug-likeness (QED) is 0.550. The molecular formula is C19H25N3OS2. The molecule has 0 aliphatic carbocycles. The van der Waals surface area contributed by atoms with Gasteiger partial charge in [0.1, 0.15) is 0 Å². The number of rotatable bonds is 8. The normalized spacial score (nSPS) is 15.2. The van der Waals surface area contributed by atoms with Crippen molar-refractivity contribution in [2.75, 3.05) is 39.3 Å². The largest absolute Gasteiger partial charge is 0.352 e. The molecule has 25 heavy (non-hydrogen) atoms. The number of nitrogens with one attached hydrogen (secondary N) is 2. The molecule has 1 aliphatic rings. The van der Waals surface area contributed by atoms with E-state index in [0.717, 1.165) is 61.9 Å². The van der Waals surface area contributed by atoms with Crippen LogP contribution in [0.15, 0.2) is 46.7 Å². The Morgan fingerprint density at radius 3 is 2.84 bits per heavy atom. The van der Waals surface area contributed by atoms with Gasteiger partial charge in [0.2, 0.25) is 0 Å². The van der Waals surface area contributed by atoms with Gasteiger partial charge >= 0.3 is 0 Å². The van der Waals surface area contributed by atoms with Gasteiger partial charge in [-0.1, -0.05) is 18.2 Å². The fraction of sp³-hybridized carbons (Fsp3) is 0.421. The zero-order valence-corrected chi connectivity index (χ0v) is 16.0. The summed E-state index contributed by atoms with van der Waals surface area (Å²) in [7, 11) is 0. The Labute approximate surface area is 158 Å². The van der Waals surface area contributed by atoms with E-state index in [1.54, 1.807) is 23.1 Å². The lowest BCUT2D eigenvalue weighted by Gasteiger charge is -2.27. The first-order valence-corrected chi connectivity index (χ1v) is 10.6. The Morgan fingerprint density at radius 1 is 1.20 bits per heavy atom. The second-order valence-corrected chi connectivity index (χ2v) is 8.11. The molecule has 1 aliphatic heterocycles. The highest BCUT2D eigenvalue weighted by atomic mass is 32.2. The van der Waals surface area contributed by atoms with Gasteiger partial charge in [-0.05, 0) is 36.5 Å². The van der Waals surface area contributed by atoms with Crippen LogP contribution in [-0.4, -0.2) is 50.1 Å². The Kier molecular flexibility index (Phi) is 7.36. The molecule has 0 radical (unpaired) electrons. The van der Waals surface area contributed by atoms with Crippen molar-refractivity contribution in [3.63, 3.8) is 0 Å². The van der Waals surface area contributed by atoms with Crippen molar-refractivity contribution in [1.29, 1.82) is 0 Å². The lowest BCUT2D eigenvalue weighted by molar-refractivity contribution is 0.0948. The Morgan fingerprint density at radius 2 is 2.04 bits per heavy atom. The number of amides is 1. The molecule has 1 amide bonds. The third kappa shape index (κ3) is 5.85. The Bertz CT molecular complexity index is 654. The summed E-state index contributed by atoms with van der Waals surface area (Å²) in [5, 5.41) is 8.53. The minimum Gasteiger partial charge on any atom is -0.352 e. The van der Waals surface area contributed by atoms with Crippen molar-refractivity contribution < 1.29 is 4.79 Å². The zero-order valence-electron chi connectivity index (χ0n) is 14.4. The van der Waals surface area contributed by atoms with E-state index in [1.165, 1.54) is 4.88 Å². The van der Waals surface area contributed by atoms with E-state index in [2.05, 4.69) is 33.0 Å². The molecule has 2 aromatic rings. The highest BCUT2D eigenvalue weighted by molar-refractivity contribution is 7.98. The van der Waals surface area contributed by atoms with E-state index in [1.807, 2.05) is 24.3 Å². The topological polar surface area (TPSA) is 44.4 Å². The van der Waals surface area contributed by atoms with Crippen molar-refractivity contribution in [2.24, 2.45) is 0 Å². The molecule has 0 bridgehead atoms. The van der Waals surface area contributed by atoms with Crippen molar-refractivity contribution >= 4 is 29.0 Å². The number of hydrogen-bond donors (Lipinski definition) is 2. The lowest BCUT2D eigenvalue weighted by Crippen LogP contribution is -2.44. The van der Waals surface area contributed by atoms with E-state index in [-0.39, 0.29) is 5.91 Å². The first kappa shape index (κ1) is 18.5. The fourth-order valence-corrected chi connectivity index (χ4v) is 4.68. The monoisotopic (exact) mass is 375 g/mol. The first-order chi connectivity index (χ1) is 12.3. The van der Waals surface area contributed by atoms with E-state index in [9.17, 15) is 4.79 Å². The third-order valence-corrected chi connectivity index (χ3v) is 6.41. The van der Waals surface area contributed by atoms with Crippen LogP contribution in [0.3, 0.4) is 0 Å². The van der Waals surface area contributed by atoms with Gasteiger partial charge in [-0.15, -0.1) is 23.1 Å². The summed E-state index contributed by atoms with van der Waals surface area (Å²) in [6.45, 7) is 6.14. The summed E-state index contributed by atoms with van der Waals surface area (Å²) < 4.78 is 0. The molecule has 0 saturated carbocycles. The number of hydrogen-bond acceptors (Lipinski definition) is 5. The van der Waals surface area contributed by atoms with Crippen LogP contribution in [0.1, 0.15) is 21.7 Å². The highest BCUT2D eigenvalue weighted by Gasteiger charge is 2.12. The molecular weight excluding hydrogens is 350 g/mol. The van der Waals surface area contributed by atoms with Gasteiger partial charge in [0.15, 0.2) is 0 Å². The molecule has 1 fully saturated rings. The second kappa shape index (κ2) is 9.97. The minimum absolute atomic E-state index is 0.0367. The van der Waals surface area contributed by atoms with Crippen LogP contribution in [0, 0.1) is 0 Å². The van der Waals surface area contributed by atoms with Crippen molar-refractivity contribution in [2.45, 2.75) is 17.1 Å². The third-order valence-electron chi connectivity index (χ3n) is 4.23. The van der Waals surface area contributed by atoms with Crippen LogP contribution in [0.5, 0.6) is 0 Å². The van der Waals surface area contributed by atoms with Gasteiger partial charge in [-0.25, -0.2) is 0 Å². The molecule has 134 valence electrons. The average molecular weight is 376 g/mol. The summed E-state index contributed by atoms with van der Waals surface area (Å²) in [4.78, 5) is 17.4. The predicted octanol–water partition coefficient (Wildman–Crippen LogP) is 3.07. The molecule has 2 heterocycles. The fourth-order valence-electron chi connectivity index (χ4n) is 2.86. The summed E-state index contributed by atoms with van der Waals surface area (Å²) in [6, 6.07) is 12.1. The molecule has 0 unspecified atom stereocenters. The molecule has 0 spiro atoms. The molecule has 4 nitrogen and oxygen atoms in total. The zero-order chi connectivity index (χ0) is 17.3. The second-order valence-electron chi connectivity index (χ2n) is 6.07. The first-order valence-electron chi connectivity index (χ1n) is 8.78. The molecule has 1 aromatic carbocycles. The summed E-state index contributed by atoms with van der Waals surface area (Å²) in [5.74, 6) is 0.944. The van der Waals surface area contributed by atoms with E-state index in [0.29, 0.717) is 0 Å². The molecule has 1 saturated heterocycles. The number of carbonyl (C=O) groups is 1. The van der Waals surface area contributed by atoms with Crippen LogP contribution >= 0.6 is 23.1 Å². The maximum atomic E-state index is 12.5. The van der Waals surface area contributed by atoms with E-state index in [4.69, 9.17) is 0 Å². The molecule has 1 aromatic heterocycles. The predicted molar refractivity (Wildman–Crippen MR) is 107 cm³/mol. The summed E-state index contributed by atoms with van der Waals surface area (Å²) in [6.07, 6.45) is 0.996. The number of carbonyl (C=O) groups excluding carboxylic acids is 1. The van der Waals surface area contributed by atoms with Gasteiger partial charge in [0.05, 0.1) is 5.56 Å². The van der Waals surface area contributed by atoms with Gasteiger partial charge in [0, 0.05) is 48.2 Å². The molecule has 3 rings (SSSR count). The van der Waals surface area contributed by atoms with E-state index >= 15 is 0 Å². The van der Waals surface area contributed by atoms with Crippen molar-refractivity contribution in [1.82, 2.24) is 15.5 Å². The summed E-state index contributed by atoms with van der Waals surface area (Å²) >= 11 is 3.49. The van der Waals surface area contributed by atoms with Crippen LogP contribution in [0.25, 0.3) is 0 Å². The van der Waals surface area contributed by atoms with Gasteiger partial charge in [-0.2, -0.15) is 0 Å². The lowest BCUT2D eigenvalue weighted by atomic mass is 10.2. The number of piperazine rings is 1. The average Bonchev–Trinajstić information content (AvgIpc) is 3.18. The number of thioether (sulfide) groups is 1. The van der Waals surface area contributed by atoms with Gasteiger partial charge < -0.3 is 15.5 Å². The summed E-state index contributed by atoms with van der Waals surface area (Å²) in [5.41, 5.74) is 0.784. The Hall–Kier alpha value is -1.34. The molecule has 0 atom stereocenters. The van der Waals surface area contributed by atoms with Crippen molar-refractivity contribution in [3.8, 4) is 0 Å². The minimum atomic E-state index is 0.0367. The maximum Gasteiger partial charge on any atom is 0.252 e. The number of thiophene rings is 1. The highest BCUT2D eigenvalue weighted by Crippen LogP contribution is 2.27. The SMILES string of the molecule is O=C(NCCCN1CCNCC1)c1ccccc1SCc1cccs1. The van der Waals surface area contributed by atoms with Crippen LogP contribution in [-0.2, 0) is 5.75 Å². The smallest absolute Gasteiger partial charge is 0.252 e. The van der Waals surface area contributed by atoms with Gasteiger partial charge in [0.25, 0.3) is 5.91 Å². The number of benzene rings is 1. The molecule has 2 N–H and O–H groups in total. The van der Waals surface area contributed by atoms with Crippen molar-refractivity contribution in [3.05, 3.63) is 52.2 Å².